The van der Waals surface area contributed by atoms with Crippen molar-refractivity contribution in [2.24, 2.45) is 5.92 Å². The van der Waals surface area contributed by atoms with Crippen LogP contribution in [0.2, 0.25) is 0 Å². The highest BCUT2D eigenvalue weighted by molar-refractivity contribution is 5.81. The number of ether oxygens (including phenoxy) is 1. The zero-order valence-electron chi connectivity index (χ0n) is 15.3. The summed E-state index contributed by atoms with van der Waals surface area (Å²) in [5.41, 5.74) is 6.54. The van der Waals surface area contributed by atoms with E-state index in [0.29, 0.717) is 17.6 Å². The van der Waals surface area contributed by atoms with Crippen LogP contribution in [0.5, 0.6) is 0 Å². The number of aliphatic hydroxyl groups is 4. The number of fused-ring (bicyclic) bond motifs is 2. The molecule has 5 rings (SSSR count). The summed E-state index contributed by atoms with van der Waals surface area (Å²) in [6.45, 7) is -0.501. The molecule has 2 aliphatic rings. The second kappa shape index (κ2) is 6.44. The van der Waals surface area contributed by atoms with Crippen LogP contribution in [-0.2, 0) is 16.9 Å². The smallest absolute Gasteiger partial charge is 0.182 e. The molecule has 10 nitrogen and oxygen atoms in total. The molecule has 1 aliphatic heterocycles. The highest BCUT2D eigenvalue weighted by Gasteiger charge is 2.62. The largest absolute Gasteiger partial charge is 0.394 e. The molecule has 0 unspecified atom stereocenters. The lowest BCUT2D eigenvalue weighted by Gasteiger charge is -2.40. The van der Waals surface area contributed by atoms with E-state index < -0.39 is 42.7 Å². The van der Waals surface area contributed by atoms with Gasteiger partial charge in [-0.1, -0.05) is 24.3 Å². The quantitative estimate of drug-likeness (QED) is 0.375. The van der Waals surface area contributed by atoms with Crippen molar-refractivity contribution in [2.75, 3.05) is 12.3 Å². The van der Waals surface area contributed by atoms with Crippen LogP contribution in [0.1, 0.15) is 17.2 Å². The third kappa shape index (κ3) is 2.38. The average Bonchev–Trinajstić information content (AvgIpc) is 3.38. The minimum Gasteiger partial charge on any atom is -0.394 e. The molecule has 29 heavy (non-hydrogen) atoms. The van der Waals surface area contributed by atoms with Crippen molar-refractivity contribution in [1.82, 2.24) is 19.5 Å². The van der Waals surface area contributed by atoms with Crippen LogP contribution < -0.4 is 5.73 Å². The molecule has 2 aromatic heterocycles. The van der Waals surface area contributed by atoms with E-state index in [9.17, 15) is 20.4 Å². The first-order valence-electron chi connectivity index (χ1n) is 9.33. The Bertz CT molecular complexity index is 1070. The first-order valence-corrected chi connectivity index (χ1v) is 9.33. The maximum atomic E-state index is 11.1. The normalized spacial score (nSPS) is 34.0. The molecule has 6 atom stereocenters. The molecule has 6 N–H and O–H groups in total. The summed E-state index contributed by atoms with van der Waals surface area (Å²) < 4.78 is 7.60. The van der Waals surface area contributed by atoms with Crippen LogP contribution >= 0.6 is 0 Å². The number of rotatable bonds is 3. The summed E-state index contributed by atoms with van der Waals surface area (Å²) in [4.78, 5) is 12.4. The number of aromatic nitrogens is 4. The third-order valence-electron chi connectivity index (χ3n) is 6.11. The number of benzene rings is 1. The molecule has 1 aliphatic carbocycles. The van der Waals surface area contributed by atoms with Crippen molar-refractivity contribution in [1.29, 1.82) is 0 Å². The van der Waals surface area contributed by atoms with Gasteiger partial charge in [-0.05, 0) is 17.5 Å². The Morgan fingerprint density at radius 1 is 1.17 bits per heavy atom. The monoisotopic (exact) mass is 399 g/mol. The summed E-state index contributed by atoms with van der Waals surface area (Å²) in [5, 5.41) is 42.5. The zero-order valence-corrected chi connectivity index (χ0v) is 15.3. The second-order valence-corrected chi connectivity index (χ2v) is 7.53. The van der Waals surface area contributed by atoms with Crippen molar-refractivity contribution < 1.29 is 25.2 Å². The Hall–Kier alpha value is -2.63. The molecule has 1 saturated heterocycles. The van der Waals surface area contributed by atoms with Crippen LogP contribution in [0.25, 0.3) is 11.2 Å². The minimum absolute atomic E-state index is 0.158. The van der Waals surface area contributed by atoms with Crippen molar-refractivity contribution in [3.05, 3.63) is 48.0 Å². The van der Waals surface area contributed by atoms with Gasteiger partial charge in [0.1, 0.15) is 30.2 Å². The molecule has 3 heterocycles. The highest BCUT2D eigenvalue weighted by atomic mass is 16.6. The summed E-state index contributed by atoms with van der Waals surface area (Å²) in [7, 11) is 0. The van der Waals surface area contributed by atoms with E-state index in [1.807, 2.05) is 24.3 Å². The standard InChI is InChI=1S/C19H21N5O5/c20-17-13-18(22-7-21-17)24(8-23-13)19(16(28)15(27)12(6-25)29-19)11-5-9-3-1-2-4-10(9)14(11)26/h1-4,7-8,11-12,14-16,25-28H,5-6H2,(H2,20,21,22)/t11-,12-,14+,15-,16-,19-/m1/s1. The van der Waals surface area contributed by atoms with Gasteiger partial charge < -0.3 is 30.9 Å². The van der Waals surface area contributed by atoms with Gasteiger partial charge in [0.25, 0.3) is 0 Å². The number of imidazole rings is 1. The van der Waals surface area contributed by atoms with Crippen molar-refractivity contribution >= 4 is 17.0 Å². The number of nitrogen functional groups attached to an aromatic ring is 1. The van der Waals surface area contributed by atoms with Gasteiger partial charge in [0, 0.05) is 5.92 Å². The predicted molar refractivity (Wildman–Crippen MR) is 100 cm³/mol. The highest BCUT2D eigenvalue weighted by Crippen LogP contribution is 2.52. The Balaban J connectivity index is 1.73. The van der Waals surface area contributed by atoms with E-state index in [-0.39, 0.29) is 5.82 Å². The first kappa shape index (κ1) is 18.4. The maximum Gasteiger partial charge on any atom is 0.182 e. The fourth-order valence-electron chi connectivity index (χ4n) is 4.71. The first-order chi connectivity index (χ1) is 14.0. The van der Waals surface area contributed by atoms with Gasteiger partial charge in [0.15, 0.2) is 17.2 Å². The predicted octanol–water partition coefficient (Wildman–Crippen LogP) is -0.920. The number of anilines is 1. The Kier molecular flexibility index (Phi) is 4.09. The summed E-state index contributed by atoms with van der Waals surface area (Å²) >= 11 is 0. The Labute approximate surface area is 165 Å². The van der Waals surface area contributed by atoms with Crippen LogP contribution in [0, 0.1) is 5.92 Å². The lowest BCUT2D eigenvalue weighted by atomic mass is 9.85. The molecule has 0 spiro atoms. The molecule has 0 bridgehead atoms. The van der Waals surface area contributed by atoms with Gasteiger partial charge in [-0.2, -0.15) is 0 Å². The molecule has 0 amide bonds. The van der Waals surface area contributed by atoms with E-state index >= 15 is 0 Å². The number of hydrogen-bond acceptors (Lipinski definition) is 9. The lowest BCUT2D eigenvalue weighted by molar-refractivity contribution is -0.200. The van der Waals surface area contributed by atoms with E-state index in [1.165, 1.54) is 17.2 Å². The fourth-order valence-corrected chi connectivity index (χ4v) is 4.71. The summed E-state index contributed by atoms with van der Waals surface area (Å²) in [5.74, 6) is -0.513. The van der Waals surface area contributed by atoms with Crippen molar-refractivity contribution in [3.63, 3.8) is 0 Å². The van der Waals surface area contributed by atoms with E-state index in [4.69, 9.17) is 10.5 Å². The fraction of sp³-hybridized carbons (Fsp3) is 0.421. The van der Waals surface area contributed by atoms with Crippen LogP contribution in [0.3, 0.4) is 0 Å². The van der Waals surface area contributed by atoms with Crippen molar-refractivity contribution in [2.45, 2.75) is 36.6 Å². The molecule has 10 heteroatoms. The summed E-state index contributed by atoms with van der Waals surface area (Å²) in [6, 6.07) is 7.42. The van der Waals surface area contributed by atoms with Gasteiger partial charge in [-0.15, -0.1) is 0 Å². The van der Waals surface area contributed by atoms with Gasteiger partial charge in [-0.3, -0.25) is 4.57 Å². The number of nitrogens with two attached hydrogens (primary N) is 1. The average molecular weight is 399 g/mol. The Morgan fingerprint density at radius 3 is 2.69 bits per heavy atom. The van der Waals surface area contributed by atoms with Gasteiger partial charge >= 0.3 is 0 Å². The lowest BCUT2D eigenvalue weighted by Crippen LogP contribution is -2.52. The van der Waals surface area contributed by atoms with Crippen molar-refractivity contribution in [3.8, 4) is 0 Å². The Morgan fingerprint density at radius 2 is 1.97 bits per heavy atom. The maximum absolute atomic E-state index is 11.1. The number of aliphatic hydroxyl groups excluding tert-OH is 4. The van der Waals surface area contributed by atoms with Crippen LogP contribution in [0.15, 0.2) is 36.9 Å². The molecule has 1 aromatic carbocycles. The molecular weight excluding hydrogens is 378 g/mol. The molecule has 0 radical (unpaired) electrons. The van der Waals surface area contributed by atoms with Crippen LogP contribution in [0.4, 0.5) is 5.82 Å². The molecular formula is C19H21N5O5. The molecule has 1 fully saturated rings. The number of hydrogen-bond donors (Lipinski definition) is 5. The number of nitrogens with zero attached hydrogens (tertiary/aromatic N) is 4. The molecule has 3 aromatic rings. The zero-order chi connectivity index (χ0) is 20.3. The molecule has 0 saturated carbocycles. The second-order valence-electron chi connectivity index (χ2n) is 7.53. The van der Waals surface area contributed by atoms with Crippen LogP contribution in [-0.4, -0.2) is 64.9 Å². The van der Waals surface area contributed by atoms with Gasteiger partial charge in [0.2, 0.25) is 0 Å². The van der Waals surface area contributed by atoms with E-state index in [1.54, 1.807) is 0 Å². The van der Waals surface area contributed by atoms with E-state index in [2.05, 4.69) is 15.0 Å². The SMILES string of the molecule is Nc1ncnc2c1ncn2[C@]1([C@@H]2Cc3ccccc3[C@@H]2O)O[C@H](CO)[C@@H](O)[C@H]1O. The van der Waals surface area contributed by atoms with E-state index in [0.717, 1.165) is 11.1 Å². The minimum atomic E-state index is -1.62. The van der Waals surface area contributed by atoms with Gasteiger partial charge in [-0.25, -0.2) is 15.0 Å². The van der Waals surface area contributed by atoms with Gasteiger partial charge in [0.05, 0.1) is 19.0 Å². The molecule has 152 valence electrons. The topological polar surface area (TPSA) is 160 Å². The third-order valence-corrected chi connectivity index (χ3v) is 6.11. The summed E-state index contributed by atoms with van der Waals surface area (Å²) in [6.07, 6.45) is -1.78.